The second-order valence-electron chi connectivity index (χ2n) is 6.36. The number of carbonyl (C=O) groups is 2. The fourth-order valence-corrected chi connectivity index (χ4v) is 3.47. The van der Waals surface area contributed by atoms with Gasteiger partial charge in [0.25, 0.3) is 5.91 Å². The molecule has 1 aromatic heterocycles. The van der Waals surface area contributed by atoms with Crippen molar-refractivity contribution in [2.75, 3.05) is 24.4 Å². The third-order valence-electron chi connectivity index (χ3n) is 4.18. The molecule has 7 nitrogen and oxygen atoms in total. The zero-order valence-electron chi connectivity index (χ0n) is 16.8. The summed E-state index contributed by atoms with van der Waals surface area (Å²) in [5.74, 6) is 0.452. The highest BCUT2D eigenvalue weighted by Gasteiger charge is 2.18. The van der Waals surface area contributed by atoms with E-state index in [0.717, 1.165) is 35.5 Å². The van der Waals surface area contributed by atoms with E-state index in [2.05, 4.69) is 27.3 Å². The van der Waals surface area contributed by atoms with Crippen LogP contribution in [0.5, 0.6) is 5.75 Å². The molecule has 0 saturated carbocycles. The third-order valence-corrected chi connectivity index (χ3v) is 5.07. The Morgan fingerprint density at radius 2 is 1.77 bits per heavy atom. The van der Waals surface area contributed by atoms with Crippen LogP contribution in [-0.2, 0) is 4.74 Å². The highest BCUT2D eigenvalue weighted by Crippen LogP contribution is 2.36. The van der Waals surface area contributed by atoms with Crippen LogP contribution in [-0.4, -0.2) is 30.7 Å². The van der Waals surface area contributed by atoms with Gasteiger partial charge in [-0.05, 0) is 30.7 Å². The third kappa shape index (κ3) is 5.57. The lowest BCUT2D eigenvalue weighted by Gasteiger charge is -2.08. The van der Waals surface area contributed by atoms with E-state index in [9.17, 15) is 9.59 Å². The maximum atomic E-state index is 12.8. The molecule has 0 aliphatic heterocycles. The first-order valence-electron chi connectivity index (χ1n) is 9.56. The molecule has 0 aliphatic carbocycles. The molecule has 0 aliphatic rings. The van der Waals surface area contributed by atoms with E-state index in [-0.39, 0.29) is 5.91 Å². The summed E-state index contributed by atoms with van der Waals surface area (Å²) in [5.41, 5.74) is 1.88. The van der Waals surface area contributed by atoms with E-state index >= 15 is 0 Å². The summed E-state index contributed by atoms with van der Waals surface area (Å²) in [6.45, 7) is 2.76. The van der Waals surface area contributed by atoms with Crippen LogP contribution in [0.4, 0.5) is 14.9 Å². The Labute approximate surface area is 179 Å². The van der Waals surface area contributed by atoms with Crippen LogP contribution >= 0.6 is 11.3 Å². The molecule has 8 heteroatoms. The quantitative estimate of drug-likeness (QED) is 0.470. The maximum Gasteiger partial charge on any atom is 0.413 e. The van der Waals surface area contributed by atoms with Crippen molar-refractivity contribution in [2.45, 2.75) is 19.8 Å². The van der Waals surface area contributed by atoms with Gasteiger partial charge in [0.1, 0.15) is 16.4 Å². The minimum atomic E-state index is -0.625. The van der Waals surface area contributed by atoms with Gasteiger partial charge in [-0.15, -0.1) is 0 Å². The molecule has 0 saturated heterocycles. The van der Waals surface area contributed by atoms with Crippen LogP contribution in [0.1, 0.15) is 30.1 Å². The Kier molecular flexibility index (Phi) is 7.40. The van der Waals surface area contributed by atoms with Gasteiger partial charge >= 0.3 is 6.09 Å². The first-order valence-corrected chi connectivity index (χ1v) is 10.4. The van der Waals surface area contributed by atoms with E-state index in [1.54, 1.807) is 24.3 Å². The number of rotatable bonds is 8. The predicted octanol–water partition coefficient (Wildman–Crippen LogP) is 5.42. The van der Waals surface area contributed by atoms with E-state index in [0.29, 0.717) is 28.0 Å². The monoisotopic (exact) mass is 425 g/mol. The average molecular weight is 426 g/mol. The van der Waals surface area contributed by atoms with E-state index in [1.165, 1.54) is 7.11 Å². The summed E-state index contributed by atoms with van der Waals surface area (Å²) in [5, 5.41) is 6.30. The Bertz CT molecular complexity index is 987. The number of anilines is 2. The molecular weight excluding hydrogens is 402 g/mol. The van der Waals surface area contributed by atoms with Gasteiger partial charge in [0.05, 0.1) is 13.7 Å². The van der Waals surface area contributed by atoms with Crippen molar-refractivity contribution in [1.82, 2.24) is 4.98 Å². The molecule has 1 heterocycles. The van der Waals surface area contributed by atoms with Crippen molar-refractivity contribution in [2.24, 2.45) is 0 Å². The van der Waals surface area contributed by atoms with E-state index in [4.69, 9.17) is 4.74 Å². The number of thiazole rings is 1. The molecule has 2 N–H and O–H groups in total. The van der Waals surface area contributed by atoms with Crippen LogP contribution in [0, 0.1) is 0 Å². The normalized spacial score (nSPS) is 10.3. The number of carbonyl (C=O) groups excluding carboxylic acids is 2. The van der Waals surface area contributed by atoms with Crippen molar-refractivity contribution >= 4 is 33.5 Å². The predicted molar refractivity (Wildman–Crippen MR) is 118 cm³/mol. The zero-order valence-corrected chi connectivity index (χ0v) is 17.6. The minimum Gasteiger partial charge on any atom is -0.494 e. The highest BCUT2D eigenvalue weighted by molar-refractivity contribution is 7.20. The molecule has 0 fully saturated rings. The standard InChI is InChI=1S/C22H23N3O4S/c1-3-4-14-29-17-12-10-16(11-13-17)19(26)24-20-18(15-8-6-5-7-9-15)23-21(30-20)25-22(27)28-2/h5-13H,3-4,14H2,1-2H3,(H,24,26)(H,23,25,27). The summed E-state index contributed by atoms with van der Waals surface area (Å²) in [7, 11) is 1.28. The molecule has 2 aromatic carbocycles. The lowest BCUT2D eigenvalue weighted by Crippen LogP contribution is -2.11. The van der Waals surface area contributed by atoms with Gasteiger partial charge in [0, 0.05) is 11.1 Å². The Morgan fingerprint density at radius 3 is 2.43 bits per heavy atom. The molecule has 3 aromatic rings. The van der Waals surface area contributed by atoms with Crippen molar-refractivity contribution in [1.29, 1.82) is 0 Å². The number of unbranched alkanes of at least 4 members (excludes halogenated alkanes) is 1. The van der Waals surface area contributed by atoms with Crippen LogP contribution in [0.15, 0.2) is 54.6 Å². The molecule has 0 spiro atoms. The van der Waals surface area contributed by atoms with Gasteiger partial charge in [0.15, 0.2) is 5.13 Å². The molecule has 0 bridgehead atoms. The van der Waals surface area contributed by atoms with Gasteiger partial charge in [-0.2, -0.15) is 0 Å². The first kappa shape index (κ1) is 21.3. The topological polar surface area (TPSA) is 89.6 Å². The summed E-state index contributed by atoms with van der Waals surface area (Å²) in [4.78, 5) is 28.8. The minimum absolute atomic E-state index is 0.277. The summed E-state index contributed by atoms with van der Waals surface area (Å²) < 4.78 is 10.3. The van der Waals surface area contributed by atoms with Crippen molar-refractivity contribution < 1.29 is 19.1 Å². The fraction of sp³-hybridized carbons (Fsp3) is 0.227. The van der Waals surface area contributed by atoms with E-state index in [1.807, 2.05) is 30.3 Å². The van der Waals surface area contributed by atoms with E-state index < -0.39 is 6.09 Å². The van der Waals surface area contributed by atoms with Crippen molar-refractivity contribution in [3.05, 3.63) is 60.2 Å². The lowest BCUT2D eigenvalue weighted by atomic mass is 10.1. The molecule has 2 amide bonds. The van der Waals surface area contributed by atoms with Crippen LogP contribution in [0.3, 0.4) is 0 Å². The lowest BCUT2D eigenvalue weighted by molar-refractivity contribution is 0.102. The van der Waals surface area contributed by atoms with Gasteiger partial charge in [-0.25, -0.2) is 9.78 Å². The summed E-state index contributed by atoms with van der Waals surface area (Å²) in [6.07, 6.45) is 1.42. The van der Waals surface area contributed by atoms with Gasteiger partial charge in [-0.3, -0.25) is 10.1 Å². The SMILES string of the molecule is CCCCOc1ccc(C(=O)Nc2sc(NC(=O)OC)nc2-c2ccccc2)cc1. The molecule has 0 radical (unpaired) electrons. The van der Waals surface area contributed by atoms with Crippen LogP contribution < -0.4 is 15.4 Å². The molecule has 30 heavy (non-hydrogen) atoms. The number of nitrogens with one attached hydrogen (secondary N) is 2. The number of aromatic nitrogens is 1. The number of ether oxygens (including phenoxy) is 2. The van der Waals surface area contributed by atoms with Gasteiger partial charge in [0.2, 0.25) is 0 Å². The Morgan fingerprint density at radius 1 is 1.03 bits per heavy atom. The van der Waals surface area contributed by atoms with Crippen LogP contribution in [0.25, 0.3) is 11.3 Å². The molecule has 3 rings (SSSR count). The number of amides is 2. The summed E-state index contributed by atoms with van der Waals surface area (Å²) in [6, 6.07) is 16.4. The zero-order chi connectivity index (χ0) is 21.3. The second kappa shape index (κ2) is 10.4. The van der Waals surface area contributed by atoms with Crippen LogP contribution in [0.2, 0.25) is 0 Å². The number of nitrogens with zero attached hydrogens (tertiary/aromatic N) is 1. The Balaban J connectivity index is 1.78. The van der Waals surface area contributed by atoms with Crippen molar-refractivity contribution in [3.63, 3.8) is 0 Å². The molecule has 0 unspecified atom stereocenters. The largest absolute Gasteiger partial charge is 0.494 e. The number of benzene rings is 2. The molecule has 156 valence electrons. The van der Waals surface area contributed by atoms with Crippen molar-refractivity contribution in [3.8, 4) is 17.0 Å². The number of methoxy groups -OCH3 is 1. The van der Waals surface area contributed by atoms with Gasteiger partial charge in [-0.1, -0.05) is 55.0 Å². The maximum absolute atomic E-state index is 12.8. The average Bonchev–Trinajstić information content (AvgIpc) is 3.16. The molecular formula is C22H23N3O4S. The fourth-order valence-electron chi connectivity index (χ4n) is 2.60. The highest BCUT2D eigenvalue weighted by atomic mass is 32.1. The second-order valence-corrected chi connectivity index (χ2v) is 7.36. The summed E-state index contributed by atoms with van der Waals surface area (Å²) >= 11 is 1.16. The van der Waals surface area contributed by atoms with Gasteiger partial charge < -0.3 is 14.8 Å². The number of hydrogen-bond acceptors (Lipinski definition) is 6. The number of hydrogen-bond donors (Lipinski definition) is 2. The Hall–Kier alpha value is -3.39. The molecule has 0 atom stereocenters. The first-order chi connectivity index (χ1) is 14.6. The smallest absolute Gasteiger partial charge is 0.413 e.